The molecule has 0 aliphatic heterocycles. The zero-order valence-electron chi connectivity index (χ0n) is 13.6. The molecule has 2 N–H and O–H groups in total. The van der Waals surface area contributed by atoms with E-state index < -0.39 is 11.5 Å². The molecule has 1 aromatic heterocycles. The Morgan fingerprint density at radius 2 is 1.95 bits per heavy atom. The van der Waals surface area contributed by atoms with Crippen LogP contribution in [0.5, 0.6) is 0 Å². The lowest BCUT2D eigenvalue weighted by molar-refractivity contribution is -0.132. The van der Waals surface area contributed by atoms with Gasteiger partial charge in [-0.1, -0.05) is 39.8 Å². The van der Waals surface area contributed by atoms with Crippen LogP contribution < -0.4 is 10.6 Å². The number of aryl methyl sites for hydroxylation is 1. The highest BCUT2D eigenvalue weighted by Gasteiger charge is 2.28. The maximum atomic E-state index is 12.3. The van der Waals surface area contributed by atoms with Crippen LogP contribution in [0.15, 0.2) is 10.6 Å². The highest BCUT2D eigenvalue weighted by Crippen LogP contribution is 2.16. The van der Waals surface area contributed by atoms with E-state index in [-0.39, 0.29) is 17.7 Å². The normalized spacial score (nSPS) is 13.1. The first-order chi connectivity index (χ1) is 9.59. The van der Waals surface area contributed by atoms with E-state index in [4.69, 9.17) is 4.52 Å². The van der Waals surface area contributed by atoms with Crippen molar-refractivity contribution in [2.24, 2.45) is 11.3 Å². The molecule has 0 unspecified atom stereocenters. The van der Waals surface area contributed by atoms with Crippen LogP contribution in [0.4, 0.5) is 5.82 Å². The zero-order chi connectivity index (χ0) is 16.2. The van der Waals surface area contributed by atoms with Crippen molar-refractivity contribution in [3.8, 4) is 0 Å². The molecule has 1 rings (SSSR count). The van der Waals surface area contributed by atoms with Crippen LogP contribution >= 0.6 is 0 Å². The average Bonchev–Trinajstić information content (AvgIpc) is 2.71. The Balaban J connectivity index is 2.76. The Morgan fingerprint density at radius 1 is 1.33 bits per heavy atom. The van der Waals surface area contributed by atoms with Crippen LogP contribution in [-0.2, 0) is 9.59 Å². The van der Waals surface area contributed by atoms with Gasteiger partial charge in [-0.2, -0.15) is 0 Å². The maximum Gasteiger partial charge on any atom is 0.248 e. The minimum absolute atomic E-state index is 0.153. The van der Waals surface area contributed by atoms with E-state index in [0.717, 1.165) is 0 Å². The molecular weight excluding hydrogens is 270 g/mol. The molecule has 2 amide bonds. The molecule has 0 aromatic carbocycles. The summed E-state index contributed by atoms with van der Waals surface area (Å²) in [4.78, 5) is 24.4. The Bertz CT molecular complexity index is 501. The number of aromatic nitrogens is 1. The Kier molecular flexibility index (Phi) is 5.52. The van der Waals surface area contributed by atoms with Crippen molar-refractivity contribution in [3.05, 3.63) is 11.8 Å². The van der Waals surface area contributed by atoms with Crippen molar-refractivity contribution in [1.82, 2.24) is 10.5 Å². The van der Waals surface area contributed by atoms with Crippen LogP contribution in [0.2, 0.25) is 0 Å². The molecule has 1 aromatic rings. The van der Waals surface area contributed by atoms with Gasteiger partial charge in [-0.05, 0) is 19.3 Å². The van der Waals surface area contributed by atoms with E-state index in [9.17, 15) is 9.59 Å². The minimum atomic E-state index is -0.589. The number of carbonyl (C=O) groups excluding carboxylic acids is 2. The highest BCUT2D eigenvalue weighted by molar-refractivity contribution is 5.97. The summed E-state index contributed by atoms with van der Waals surface area (Å²) in [7, 11) is 0. The molecule has 0 saturated carbocycles. The van der Waals surface area contributed by atoms with Crippen molar-refractivity contribution in [1.29, 1.82) is 0 Å². The number of amides is 2. The fraction of sp³-hybridized carbons (Fsp3) is 0.667. The summed E-state index contributed by atoms with van der Waals surface area (Å²) in [6.45, 7) is 11.2. The van der Waals surface area contributed by atoms with E-state index in [1.54, 1.807) is 13.0 Å². The lowest BCUT2D eigenvalue weighted by Gasteiger charge is -2.24. The zero-order valence-corrected chi connectivity index (χ0v) is 13.6. The number of carbonyl (C=O) groups is 2. The van der Waals surface area contributed by atoms with Crippen molar-refractivity contribution in [2.45, 2.75) is 54.0 Å². The van der Waals surface area contributed by atoms with E-state index >= 15 is 0 Å². The Morgan fingerprint density at radius 3 is 2.38 bits per heavy atom. The number of rotatable bonds is 5. The molecule has 0 bridgehead atoms. The molecule has 0 aliphatic carbocycles. The van der Waals surface area contributed by atoms with Crippen LogP contribution in [-0.4, -0.2) is 23.0 Å². The summed E-state index contributed by atoms with van der Waals surface area (Å²) in [5, 5.41) is 9.20. The first kappa shape index (κ1) is 17.2. The second-order valence-electron chi connectivity index (χ2n) is 6.72. The number of hydrogen-bond acceptors (Lipinski definition) is 4. The second kappa shape index (κ2) is 6.74. The first-order valence-electron chi connectivity index (χ1n) is 7.14. The molecular formula is C15H25N3O3. The van der Waals surface area contributed by atoms with Gasteiger partial charge in [-0.15, -0.1) is 0 Å². The SMILES string of the molecule is Cc1cc(NC(=O)[C@H](CC(C)C)NC(=O)C(C)(C)C)no1. The number of nitrogens with one attached hydrogen (secondary N) is 2. The van der Waals surface area contributed by atoms with Crippen LogP contribution in [0, 0.1) is 18.3 Å². The Hall–Kier alpha value is -1.85. The van der Waals surface area contributed by atoms with E-state index in [0.29, 0.717) is 18.0 Å². The number of anilines is 1. The van der Waals surface area contributed by atoms with Gasteiger partial charge in [0.15, 0.2) is 5.82 Å². The van der Waals surface area contributed by atoms with Gasteiger partial charge in [0.1, 0.15) is 11.8 Å². The summed E-state index contributed by atoms with van der Waals surface area (Å²) in [5.41, 5.74) is -0.542. The molecule has 21 heavy (non-hydrogen) atoms. The molecule has 1 atom stereocenters. The molecule has 1 heterocycles. The minimum Gasteiger partial charge on any atom is -0.360 e. The third kappa shape index (κ3) is 5.57. The molecule has 6 nitrogen and oxygen atoms in total. The summed E-state index contributed by atoms with van der Waals surface area (Å²) in [6, 6.07) is 1.05. The summed E-state index contributed by atoms with van der Waals surface area (Å²) >= 11 is 0. The second-order valence-corrected chi connectivity index (χ2v) is 6.72. The van der Waals surface area contributed by atoms with Gasteiger partial charge in [0, 0.05) is 11.5 Å². The predicted molar refractivity (Wildman–Crippen MR) is 80.7 cm³/mol. The summed E-state index contributed by atoms with van der Waals surface area (Å²) < 4.78 is 4.91. The molecule has 0 fully saturated rings. The molecule has 0 spiro atoms. The van der Waals surface area contributed by atoms with Gasteiger partial charge in [-0.25, -0.2) is 0 Å². The lowest BCUT2D eigenvalue weighted by Crippen LogP contribution is -2.48. The molecule has 0 saturated heterocycles. The molecule has 6 heteroatoms. The standard InChI is InChI=1S/C15H25N3O3/c1-9(2)7-11(16-14(20)15(4,5)6)13(19)17-12-8-10(3)21-18-12/h8-9,11H,7H2,1-6H3,(H,16,20)(H,17,18,19)/t11-/m0/s1. The third-order valence-electron chi connectivity index (χ3n) is 2.89. The van der Waals surface area contributed by atoms with E-state index in [2.05, 4.69) is 15.8 Å². The van der Waals surface area contributed by atoms with Crippen molar-refractivity contribution < 1.29 is 14.1 Å². The van der Waals surface area contributed by atoms with E-state index in [1.807, 2.05) is 34.6 Å². The van der Waals surface area contributed by atoms with Crippen LogP contribution in [0.3, 0.4) is 0 Å². The quantitative estimate of drug-likeness (QED) is 0.874. The van der Waals surface area contributed by atoms with Crippen molar-refractivity contribution in [2.75, 3.05) is 5.32 Å². The van der Waals surface area contributed by atoms with Gasteiger partial charge in [0.2, 0.25) is 11.8 Å². The third-order valence-corrected chi connectivity index (χ3v) is 2.89. The smallest absolute Gasteiger partial charge is 0.248 e. The number of hydrogen-bond donors (Lipinski definition) is 2. The van der Waals surface area contributed by atoms with Gasteiger partial charge in [-0.3, -0.25) is 9.59 Å². The largest absolute Gasteiger partial charge is 0.360 e. The maximum absolute atomic E-state index is 12.3. The molecule has 118 valence electrons. The van der Waals surface area contributed by atoms with Crippen molar-refractivity contribution >= 4 is 17.6 Å². The van der Waals surface area contributed by atoms with Gasteiger partial charge in [0.25, 0.3) is 0 Å². The van der Waals surface area contributed by atoms with Gasteiger partial charge >= 0.3 is 0 Å². The van der Waals surface area contributed by atoms with Crippen LogP contribution in [0.25, 0.3) is 0 Å². The highest BCUT2D eigenvalue weighted by atomic mass is 16.5. The van der Waals surface area contributed by atoms with E-state index in [1.165, 1.54) is 0 Å². The van der Waals surface area contributed by atoms with Crippen LogP contribution in [0.1, 0.15) is 46.8 Å². The van der Waals surface area contributed by atoms with Gasteiger partial charge in [0.05, 0.1) is 0 Å². The fourth-order valence-electron chi connectivity index (χ4n) is 1.72. The monoisotopic (exact) mass is 295 g/mol. The number of nitrogens with zero attached hydrogens (tertiary/aromatic N) is 1. The Labute approximate surface area is 125 Å². The van der Waals surface area contributed by atoms with Crippen molar-refractivity contribution in [3.63, 3.8) is 0 Å². The van der Waals surface area contributed by atoms with Gasteiger partial charge < -0.3 is 15.2 Å². The summed E-state index contributed by atoms with van der Waals surface area (Å²) in [5.74, 6) is 0.815. The topological polar surface area (TPSA) is 84.2 Å². The summed E-state index contributed by atoms with van der Waals surface area (Å²) in [6.07, 6.45) is 0.560. The molecule has 0 aliphatic rings. The predicted octanol–water partition coefficient (Wildman–Crippen LogP) is 2.50. The molecule has 0 radical (unpaired) electrons. The first-order valence-corrected chi connectivity index (χ1v) is 7.14. The lowest BCUT2D eigenvalue weighted by atomic mass is 9.94. The average molecular weight is 295 g/mol. The fourth-order valence-corrected chi connectivity index (χ4v) is 1.72.